The van der Waals surface area contributed by atoms with Crippen LogP contribution in [0.5, 0.6) is 0 Å². The Morgan fingerprint density at radius 2 is 1.89 bits per heavy atom. The number of nitrogens with two attached hydrogens (primary N) is 1. The molecule has 1 saturated carbocycles. The van der Waals surface area contributed by atoms with E-state index < -0.39 is 0 Å². The van der Waals surface area contributed by atoms with Crippen molar-refractivity contribution in [3.63, 3.8) is 0 Å². The van der Waals surface area contributed by atoms with Gasteiger partial charge in [0.1, 0.15) is 0 Å². The SMILES string of the molecule is CC(C)(C)NC(N)=NCC1(c2ccccc2)CC1. The van der Waals surface area contributed by atoms with E-state index in [4.69, 9.17) is 5.73 Å². The lowest BCUT2D eigenvalue weighted by molar-refractivity contribution is 0.507. The van der Waals surface area contributed by atoms with E-state index in [0.717, 1.165) is 6.54 Å². The van der Waals surface area contributed by atoms with Crippen LogP contribution in [0, 0.1) is 0 Å². The molecule has 1 aromatic rings. The maximum atomic E-state index is 5.91. The third-order valence-electron chi connectivity index (χ3n) is 3.29. The summed E-state index contributed by atoms with van der Waals surface area (Å²) in [5.74, 6) is 0.546. The van der Waals surface area contributed by atoms with Crippen LogP contribution in [0.2, 0.25) is 0 Å². The van der Waals surface area contributed by atoms with Crippen molar-refractivity contribution in [3.05, 3.63) is 35.9 Å². The smallest absolute Gasteiger partial charge is 0.189 e. The number of aliphatic imine (C=N–C) groups is 1. The fourth-order valence-electron chi connectivity index (χ4n) is 2.14. The van der Waals surface area contributed by atoms with Crippen molar-refractivity contribution in [2.75, 3.05) is 6.54 Å². The Labute approximate surface area is 109 Å². The van der Waals surface area contributed by atoms with E-state index >= 15 is 0 Å². The number of benzene rings is 1. The predicted molar refractivity (Wildman–Crippen MR) is 76.7 cm³/mol. The van der Waals surface area contributed by atoms with Crippen LogP contribution in [0.15, 0.2) is 35.3 Å². The average Bonchev–Trinajstić information content (AvgIpc) is 3.06. The summed E-state index contributed by atoms with van der Waals surface area (Å²) in [5.41, 5.74) is 7.51. The zero-order chi connectivity index (χ0) is 13.2. The zero-order valence-corrected chi connectivity index (χ0v) is 11.5. The van der Waals surface area contributed by atoms with Crippen molar-refractivity contribution in [1.29, 1.82) is 0 Å². The molecule has 3 nitrogen and oxygen atoms in total. The molecule has 2 rings (SSSR count). The number of hydrogen-bond acceptors (Lipinski definition) is 1. The maximum absolute atomic E-state index is 5.91. The lowest BCUT2D eigenvalue weighted by Crippen LogP contribution is -2.45. The molecule has 0 spiro atoms. The largest absolute Gasteiger partial charge is 0.370 e. The third-order valence-corrected chi connectivity index (χ3v) is 3.29. The van der Waals surface area contributed by atoms with Gasteiger partial charge in [-0.3, -0.25) is 4.99 Å². The minimum Gasteiger partial charge on any atom is -0.370 e. The third kappa shape index (κ3) is 3.25. The lowest BCUT2D eigenvalue weighted by atomic mass is 9.96. The summed E-state index contributed by atoms with van der Waals surface area (Å²) in [6, 6.07) is 10.6. The maximum Gasteiger partial charge on any atom is 0.189 e. The Kier molecular flexibility index (Phi) is 3.33. The number of nitrogens with one attached hydrogen (secondary N) is 1. The molecule has 1 aromatic carbocycles. The summed E-state index contributed by atoms with van der Waals surface area (Å²) >= 11 is 0. The molecular formula is C15H23N3. The molecule has 98 valence electrons. The van der Waals surface area contributed by atoms with Crippen LogP contribution in [0.1, 0.15) is 39.2 Å². The first-order chi connectivity index (χ1) is 8.41. The Bertz CT molecular complexity index is 425. The number of hydrogen-bond donors (Lipinski definition) is 2. The van der Waals surface area contributed by atoms with Gasteiger partial charge in [0, 0.05) is 11.0 Å². The van der Waals surface area contributed by atoms with Gasteiger partial charge in [-0.25, -0.2) is 0 Å². The van der Waals surface area contributed by atoms with Gasteiger partial charge in [0.05, 0.1) is 6.54 Å². The van der Waals surface area contributed by atoms with Crippen molar-refractivity contribution < 1.29 is 0 Å². The van der Waals surface area contributed by atoms with Crippen molar-refractivity contribution in [2.45, 2.75) is 44.6 Å². The number of guanidine groups is 1. The van der Waals surface area contributed by atoms with Gasteiger partial charge in [-0.05, 0) is 39.2 Å². The highest BCUT2D eigenvalue weighted by Gasteiger charge is 2.43. The molecule has 1 aliphatic carbocycles. The quantitative estimate of drug-likeness (QED) is 0.634. The Morgan fingerprint density at radius 1 is 1.28 bits per heavy atom. The van der Waals surface area contributed by atoms with E-state index in [1.807, 2.05) is 0 Å². The van der Waals surface area contributed by atoms with Crippen molar-refractivity contribution >= 4 is 5.96 Å². The molecular weight excluding hydrogens is 222 g/mol. The average molecular weight is 245 g/mol. The fourth-order valence-corrected chi connectivity index (χ4v) is 2.14. The molecule has 0 heterocycles. The fraction of sp³-hybridized carbons (Fsp3) is 0.533. The molecule has 0 saturated heterocycles. The van der Waals surface area contributed by atoms with Gasteiger partial charge in [0.2, 0.25) is 0 Å². The van der Waals surface area contributed by atoms with Gasteiger partial charge in [-0.1, -0.05) is 30.3 Å². The monoisotopic (exact) mass is 245 g/mol. The van der Waals surface area contributed by atoms with E-state index in [9.17, 15) is 0 Å². The van der Waals surface area contributed by atoms with Crippen molar-refractivity contribution in [2.24, 2.45) is 10.7 Å². The van der Waals surface area contributed by atoms with Gasteiger partial charge in [0.25, 0.3) is 0 Å². The molecule has 0 atom stereocenters. The molecule has 0 aliphatic heterocycles. The molecule has 0 radical (unpaired) electrons. The topological polar surface area (TPSA) is 50.4 Å². The van der Waals surface area contributed by atoms with E-state index in [2.05, 4.69) is 61.4 Å². The first kappa shape index (κ1) is 12.9. The van der Waals surface area contributed by atoms with Crippen LogP contribution >= 0.6 is 0 Å². The van der Waals surface area contributed by atoms with E-state index in [-0.39, 0.29) is 11.0 Å². The highest BCUT2D eigenvalue weighted by Crippen LogP contribution is 2.48. The van der Waals surface area contributed by atoms with Gasteiger partial charge in [0.15, 0.2) is 5.96 Å². The summed E-state index contributed by atoms with van der Waals surface area (Å²) in [5, 5.41) is 3.20. The molecule has 3 heteroatoms. The molecule has 3 N–H and O–H groups in total. The zero-order valence-electron chi connectivity index (χ0n) is 11.5. The second-order valence-corrected chi connectivity index (χ2v) is 6.22. The second-order valence-electron chi connectivity index (χ2n) is 6.22. The number of rotatable bonds is 3. The Morgan fingerprint density at radius 3 is 2.39 bits per heavy atom. The first-order valence-electron chi connectivity index (χ1n) is 6.55. The molecule has 18 heavy (non-hydrogen) atoms. The van der Waals surface area contributed by atoms with E-state index in [1.165, 1.54) is 18.4 Å². The van der Waals surface area contributed by atoms with Crippen LogP contribution < -0.4 is 11.1 Å². The van der Waals surface area contributed by atoms with Crippen LogP contribution in [-0.2, 0) is 5.41 Å². The summed E-state index contributed by atoms with van der Waals surface area (Å²) in [4.78, 5) is 4.50. The van der Waals surface area contributed by atoms with Gasteiger partial charge in [-0.15, -0.1) is 0 Å². The normalized spacial score (nSPS) is 18.5. The van der Waals surface area contributed by atoms with Crippen LogP contribution in [0.3, 0.4) is 0 Å². The summed E-state index contributed by atoms with van der Waals surface area (Å²) in [6.07, 6.45) is 2.42. The Hall–Kier alpha value is -1.51. The summed E-state index contributed by atoms with van der Waals surface area (Å²) in [6.45, 7) is 7.03. The summed E-state index contributed by atoms with van der Waals surface area (Å²) in [7, 11) is 0. The Balaban J connectivity index is 2.00. The molecule has 0 aromatic heterocycles. The van der Waals surface area contributed by atoms with Gasteiger partial charge in [-0.2, -0.15) is 0 Å². The van der Waals surface area contributed by atoms with E-state index in [0.29, 0.717) is 5.96 Å². The van der Waals surface area contributed by atoms with Crippen LogP contribution in [0.4, 0.5) is 0 Å². The standard InChI is InChI=1S/C15H23N3/c1-14(2,3)18-13(16)17-11-15(9-10-15)12-7-5-4-6-8-12/h4-8H,9-11H2,1-3H3,(H3,16,17,18). The van der Waals surface area contributed by atoms with Gasteiger partial charge < -0.3 is 11.1 Å². The molecule has 0 unspecified atom stereocenters. The van der Waals surface area contributed by atoms with E-state index in [1.54, 1.807) is 0 Å². The van der Waals surface area contributed by atoms with Gasteiger partial charge >= 0.3 is 0 Å². The van der Waals surface area contributed by atoms with Crippen molar-refractivity contribution in [3.8, 4) is 0 Å². The van der Waals surface area contributed by atoms with Crippen molar-refractivity contribution in [1.82, 2.24) is 5.32 Å². The minimum absolute atomic E-state index is 0.0307. The molecule has 1 fully saturated rings. The van der Waals surface area contributed by atoms with Crippen LogP contribution in [-0.4, -0.2) is 18.0 Å². The van der Waals surface area contributed by atoms with Crippen LogP contribution in [0.25, 0.3) is 0 Å². The minimum atomic E-state index is -0.0307. The molecule has 0 bridgehead atoms. The molecule has 1 aliphatic rings. The summed E-state index contributed by atoms with van der Waals surface area (Å²) < 4.78 is 0. The highest BCUT2D eigenvalue weighted by molar-refractivity contribution is 5.78. The second kappa shape index (κ2) is 4.63. The predicted octanol–water partition coefficient (Wildman–Crippen LogP) is 2.42. The number of nitrogens with zero attached hydrogens (tertiary/aromatic N) is 1. The lowest BCUT2D eigenvalue weighted by Gasteiger charge is -2.21. The molecule has 0 amide bonds. The first-order valence-corrected chi connectivity index (χ1v) is 6.55. The highest BCUT2D eigenvalue weighted by atomic mass is 15.1.